The highest BCUT2D eigenvalue weighted by atomic mass is 35.5. The number of rotatable bonds is 2. The topological polar surface area (TPSA) is 12.4 Å². The maximum absolute atomic E-state index is 5.29. The molecule has 0 radical (unpaired) electrons. The lowest BCUT2D eigenvalue weighted by Gasteiger charge is -1.82. The Kier molecular flexibility index (Phi) is 3.20. The lowest BCUT2D eigenvalue weighted by molar-refractivity contribution is 1.52. The number of halogens is 1. The molecule has 0 unspecified atom stereocenters. The summed E-state index contributed by atoms with van der Waals surface area (Å²) in [6, 6.07) is 0. The van der Waals surface area contributed by atoms with Gasteiger partial charge in [-0.05, 0) is 12.5 Å². The van der Waals surface area contributed by atoms with Crippen LogP contribution >= 0.6 is 11.6 Å². The number of allylic oxidation sites excluding steroid dienone is 1. The van der Waals surface area contributed by atoms with E-state index in [-0.39, 0.29) is 5.16 Å². The first-order valence-corrected chi connectivity index (χ1v) is 2.54. The molecule has 2 heteroatoms. The molecule has 0 aromatic carbocycles. The van der Waals surface area contributed by atoms with Gasteiger partial charge in [-0.2, -0.15) is 0 Å². The van der Waals surface area contributed by atoms with E-state index >= 15 is 0 Å². The van der Waals surface area contributed by atoms with Crippen LogP contribution in [0.3, 0.4) is 0 Å². The van der Waals surface area contributed by atoms with Crippen LogP contribution < -0.4 is 0 Å². The molecule has 0 aliphatic heterocycles. The lowest BCUT2D eigenvalue weighted by atomic mass is 10.4. The molecule has 0 saturated carbocycles. The number of nitrogens with zero attached hydrogens (tertiary/aromatic N) is 1. The van der Waals surface area contributed by atoms with Gasteiger partial charge in [0.25, 0.3) is 0 Å². The van der Waals surface area contributed by atoms with Gasteiger partial charge in [0.1, 0.15) is 5.16 Å². The van der Waals surface area contributed by atoms with Crippen molar-refractivity contribution in [2.75, 3.05) is 0 Å². The molecule has 0 heterocycles. The second-order valence-electron chi connectivity index (χ2n) is 1.48. The Hall–Kier alpha value is -0.560. The maximum Gasteiger partial charge on any atom is 0.121 e. The average molecular weight is 130 g/mol. The van der Waals surface area contributed by atoms with E-state index in [0.717, 1.165) is 5.57 Å². The highest BCUT2D eigenvalue weighted by Crippen LogP contribution is 1.96. The Morgan fingerprint density at radius 3 is 2.25 bits per heavy atom. The van der Waals surface area contributed by atoms with Crippen LogP contribution in [0.5, 0.6) is 0 Å². The number of aliphatic imine (C=N–C) groups is 1. The summed E-state index contributed by atoms with van der Waals surface area (Å²) in [7, 11) is 0. The summed E-state index contributed by atoms with van der Waals surface area (Å²) in [5, 5.41) is 0.285. The number of hydrogen-bond donors (Lipinski definition) is 0. The molecule has 0 aromatic rings. The van der Waals surface area contributed by atoms with Crippen molar-refractivity contribution in [1.29, 1.82) is 0 Å². The highest BCUT2D eigenvalue weighted by molar-refractivity contribution is 6.29. The fourth-order valence-electron chi connectivity index (χ4n) is 0.180. The third kappa shape index (κ3) is 5.44. The van der Waals surface area contributed by atoms with Crippen molar-refractivity contribution in [3.05, 3.63) is 23.9 Å². The van der Waals surface area contributed by atoms with Crippen LogP contribution in [-0.4, -0.2) is 6.21 Å². The Morgan fingerprint density at radius 2 is 2.12 bits per heavy atom. The zero-order chi connectivity index (χ0) is 6.57. The zero-order valence-electron chi connectivity index (χ0n) is 4.82. The molecule has 0 fully saturated rings. The van der Waals surface area contributed by atoms with E-state index < -0.39 is 0 Å². The first kappa shape index (κ1) is 7.44. The summed E-state index contributed by atoms with van der Waals surface area (Å²) in [6.07, 6.45) is 1.56. The molecule has 0 aromatic heterocycles. The summed E-state index contributed by atoms with van der Waals surface area (Å²) < 4.78 is 0. The van der Waals surface area contributed by atoms with Crippen molar-refractivity contribution >= 4 is 17.8 Å². The Balaban J connectivity index is 3.67. The SMILES string of the molecule is C=C(C)/C=N\C(=C)Cl. The van der Waals surface area contributed by atoms with Gasteiger partial charge in [0, 0.05) is 6.21 Å². The molecule has 8 heavy (non-hydrogen) atoms. The van der Waals surface area contributed by atoms with Crippen LogP contribution in [0, 0.1) is 0 Å². The van der Waals surface area contributed by atoms with Crippen LogP contribution in [-0.2, 0) is 0 Å². The van der Waals surface area contributed by atoms with E-state index in [4.69, 9.17) is 11.6 Å². The molecule has 1 nitrogen and oxygen atoms in total. The van der Waals surface area contributed by atoms with Crippen molar-refractivity contribution in [3.63, 3.8) is 0 Å². The first-order valence-electron chi connectivity index (χ1n) is 2.17. The summed E-state index contributed by atoms with van der Waals surface area (Å²) >= 11 is 5.29. The van der Waals surface area contributed by atoms with Gasteiger partial charge in [0.15, 0.2) is 0 Å². The molecular weight excluding hydrogens is 122 g/mol. The summed E-state index contributed by atoms with van der Waals surface area (Å²) in [6.45, 7) is 8.77. The fraction of sp³-hybridized carbons (Fsp3) is 0.167. The second-order valence-corrected chi connectivity index (χ2v) is 1.92. The Bertz CT molecular complexity index is 119. The third-order valence-electron chi connectivity index (χ3n) is 0.425. The Morgan fingerprint density at radius 1 is 1.62 bits per heavy atom. The molecule has 44 valence electrons. The van der Waals surface area contributed by atoms with Crippen LogP contribution in [0.4, 0.5) is 0 Å². The van der Waals surface area contributed by atoms with Gasteiger partial charge < -0.3 is 0 Å². The molecule has 0 spiro atoms. The predicted octanol–water partition coefficient (Wildman–Crippen LogP) is 2.34. The van der Waals surface area contributed by atoms with Crippen LogP contribution in [0.1, 0.15) is 6.92 Å². The molecule has 0 saturated heterocycles. The lowest BCUT2D eigenvalue weighted by Crippen LogP contribution is -1.71. The van der Waals surface area contributed by atoms with Crippen molar-refractivity contribution in [3.8, 4) is 0 Å². The van der Waals surface area contributed by atoms with E-state index in [1.807, 2.05) is 6.92 Å². The normalized spacial score (nSPS) is 9.75. The van der Waals surface area contributed by atoms with Gasteiger partial charge >= 0.3 is 0 Å². The fourth-order valence-corrected chi connectivity index (χ4v) is 0.229. The van der Waals surface area contributed by atoms with E-state index in [1.54, 1.807) is 6.21 Å². The molecule has 0 bridgehead atoms. The summed E-state index contributed by atoms with van der Waals surface area (Å²) in [4.78, 5) is 3.67. The van der Waals surface area contributed by atoms with Gasteiger partial charge in [-0.25, -0.2) is 4.99 Å². The van der Waals surface area contributed by atoms with Gasteiger partial charge in [0.2, 0.25) is 0 Å². The second kappa shape index (κ2) is 3.44. The van der Waals surface area contributed by atoms with Crippen molar-refractivity contribution < 1.29 is 0 Å². The molecular formula is C6H8ClN. The average Bonchev–Trinajstić information content (AvgIpc) is 1.61. The number of hydrogen-bond acceptors (Lipinski definition) is 1. The minimum absolute atomic E-state index is 0.285. The predicted molar refractivity (Wildman–Crippen MR) is 38.3 cm³/mol. The molecule has 0 rings (SSSR count). The van der Waals surface area contributed by atoms with Crippen LogP contribution in [0.15, 0.2) is 28.9 Å². The molecule has 0 atom stereocenters. The first-order chi connectivity index (χ1) is 3.63. The monoisotopic (exact) mass is 129 g/mol. The highest BCUT2D eigenvalue weighted by Gasteiger charge is 1.75. The van der Waals surface area contributed by atoms with Gasteiger partial charge in [-0.15, -0.1) is 0 Å². The minimum atomic E-state index is 0.285. The van der Waals surface area contributed by atoms with E-state index in [9.17, 15) is 0 Å². The minimum Gasteiger partial charge on any atom is -0.245 e. The molecule has 0 N–H and O–H groups in total. The molecule has 0 aliphatic rings. The largest absolute Gasteiger partial charge is 0.245 e. The standard InChI is InChI=1S/C6H8ClN/c1-5(2)4-8-6(3)7/h4H,1,3H2,2H3/b8-4-. The van der Waals surface area contributed by atoms with Crippen molar-refractivity contribution in [2.24, 2.45) is 4.99 Å². The van der Waals surface area contributed by atoms with Crippen molar-refractivity contribution in [1.82, 2.24) is 0 Å². The zero-order valence-corrected chi connectivity index (χ0v) is 5.57. The van der Waals surface area contributed by atoms with Gasteiger partial charge in [-0.3, -0.25) is 0 Å². The summed E-state index contributed by atoms with van der Waals surface area (Å²) in [5.74, 6) is 0. The van der Waals surface area contributed by atoms with Crippen molar-refractivity contribution in [2.45, 2.75) is 6.92 Å². The van der Waals surface area contributed by atoms with E-state index in [2.05, 4.69) is 18.2 Å². The van der Waals surface area contributed by atoms with E-state index in [0.29, 0.717) is 0 Å². The van der Waals surface area contributed by atoms with E-state index in [1.165, 1.54) is 0 Å². The summed E-state index contributed by atoms with van der Waals surface area (Å²) in [5.41, 5.74) is 0.867. The quantitative estimate of drug-likeness (QED) is 0.401. The molecule has 0 amide bonds. The molecule has 0 aliphatic carbocycles. The van der Waals surface area contributed by atoms with Gasteiger partial charge in [0.05, 0.1) is 0 Å². The third-order valence-corrected chi connectivity index (χ3v) is 0.523. The van der Waals surface area contributed by atoms with Gasteiger partial charge in [-0.1, -0.05) is 24.8 Å². The Labute approximate surface area is 54.4 Å². The smallest absolute Gasteiger partial charge is 0.121 e. The van der Waals surface area contributed by atoms with Crippen LogP contribution in [0.2, 0.25) is 0 Å². The maximum atomic E-state index is 5.29. The van der Waals surface area contributed by atoms with Crippen LogP contribution in [0.25, 0.3) is 0 Å².